The van der Waals surface area contributed by atoms with Crippen LogP contribution in [0.5, 0.6) is 0 Å². The Kier molecular flexibility index (Phi) is 4.78. The normalized spacial score (nSPS) is 11.2. The van der Waals surface area contributed by atoms with E-state index in [0.717, 1.165) is 12.1 Å². The first-order valence-corrected chi connectivity index (χ1v) is 7.22. The van der Waals surface area contributed by atoms with Gasteiger partial charge in [-0.15, -0.1) is 5.10 Å². The molecule has 3 rings (SSSR count). The number of hydrogen-bond acceptors (Lipinski definition) is 6. The standard InChI is InChI=1S/C15H11F3N6O2/c16-15(17,18)12-5-2-6-13(20-12)21-14(25)26-8-10-3-1-4-11(7-10)24-9-19-22-23-24/h1-7,9H,8H2,(H,20,21,25). The fourth-order valence-corrected chi connectivity index (χ4v) is 2.02. The molecule has 0 radical (unpaired) electrons. The number of halogens is 3. The van der Waals surface area contributed by atoms with Crippen molar-refractivity contribution < 1.29 is 22.7 Å². The van der Waals surface area contributed by atoms with E-state index in [-0.39, 0.29) is 12.4 Å². The molecule has 0 saturated carbocycles. The molecule has 0 saturated heterocycles. The molecule has 134 valence electrons. The number of ether oxygens (including phenoxy) is 1. The lowest BCUT2D eigenvalue weighted by atomic mass is 10.2. The first-order valence-electron chi connectivity index (χ1n) is 7.22. The average Bonchev–Trinajstić information content (AvgIpc) is 3.14. The Balaban J connectivity index is 1.60. The molecule has 0 atom stereocenters. The third-order valence-electron chi connectivity index (χ3n) is 3.16. The van der Waals surface area contributed by atoms with Gasteiger partial charge in [-0.3, -0.25) is 5.32 Å². The molecule has 2 heterocycles. The van der Waals surface area contributed by atoms with Gasteiger partial charge in [0.1, 0.15) is 24.4 Å². The van der Waals surface area contributed by atoms with Crippen molar-refractivity contribution in [3.05, 3.63) is 60.0 Å². The average molecular weight is 364 g/mol. The molecule has 0 aliphatic rings. The van der Waals surface area contributed by atoms with Crippen molar-refractivity contribution >= 4 is 11.9 Å². The first-order chi connectivity index (χ1) is 12.4. The van der Waals surface area contributed by atoms with Crippen molar-refractivity contribution in [2.24, 2.45) is 0 Å². The third-order valence-corrected chi connectivity index (χ3v) is 3.16. The monoisotopic (exact) mass is 364 g/mol. The Hall–Kier alpha value is -3.50. The number of hydrogen-bond donors (Lipinski definition) is 1. The molecule has 0 unspecified atom stereocenters. The molecule has 0 spiro atoms. The molecule has 0 aliphatic heterocycles. The number of anilines is 1. The van der Waals surface area contributed by atoms with Gasteiger partial charge in [0.25, 0.3) is 0 Å². The van der Waals surface area contributed by atoms with Crippen molar-refractivity contribution in [3.63, 3.8) is 0 Å². The van der Waals surface area contributed by atoms with Crippen LogP contribution >= 0.6 is 0 Å². The summed E-state index contributed by atoms with van der Waals surface area (Å²) >= 11 is 0. The number of tetrazole rings is 1. The highest BCUT2D eigenvalue weighted by atomic mass is 19.4. The molecule has 0 bridgehead atoms. The minimum atomic E-state index is -4.60. The van der Waals surface area contributed by atoms with Gasteiger partial charge in [-0.2, -0.15) is 13.2 Å². The Labute approximate surface area is 144 Å². The van der Waals surface area contributed by atoms with Gasteiger partial charge in [-0.1, -0.05) is 18.2 Å². The molecule has 11 heteroatoms. The highest BCUT2D eigenvalue weighted by Gasteiger charge is 2.32. The second-order valence-electron chi connectivity index (χ2n) is 5.03. The minimum absolute atomic E-state index is 0.0965. The minimum Gasteiger partial charge on any atom is -0.444 e. The zero-order valence-corrected chi connectivity index (χ0v) is 13.0. The number of rotatable bonds is 4. The van der Waals surface area contributed by atoms with Gasteiger partial charge in [0.2, 0.25) is 0 Å². The number of pyridine rings is 1. The van der Waals surface area contributed by atoms with E-state index in [1.165, 1.54) is 17.1 Å². The van der Waals surface area contributed by atoms with E-state index in [1.807, 2.05) is 0 Å². The number of amides is 1. The van der Waals surface area contributed by atoms with Crippen molar-refractivity contribution in [2.45, 2.75) is 12.8 Å². The summed E-state index contributed by atoms with van der Waals surface area (Å²) < 4.78 is 44.2. The predicted molar refractivity (Wildman–Crippen MR) is 82.2 cm³/mol. The van der Waals surface area contributed by atoms with Crippen LogP contribution in [-0.2, 0) is 17.5 Å². The van der Waals surface area contributed by atoms with Crippen molar-refractivity contribution in [1.82, 2.24) is 25.2 Å². The zero-order chi connectivity index (χ0) is 18.6. The van der Waals surface area contributed by atoms with Gasteiger partial charge in [0, 0.05) is 0 Å². The fraction of sp³-hybridized carbons (Fsp3) is 0.133. The van der Waals surface area contributed by atoms with Crippen LogP contribution in [0.15, 0.2) is 48.8 Å². The van der Waals surface area contributed by atoms with E-state index in [0.29, 0.717) is 11.3 Å². The quantitative estimate of drug-likeness (QED) is 0.765. The lowest BCUT2D eigenvalue weighted by Gasteiger charge is -2.10. The molecular formula is C15H11F3N6O2. The number of alkyl halides is 3. The van der Waals surface area contributed by atoms with E-state index < -0.39 is 18.0 Å². The summed E-state index contributed by atoms with van der Waals surface area (Å²) in [5.41, 5.74) is 0.200. The zero-order valence-electron chi connectivity index (χ0n) is 13.0. The van der Waals surface area contributed by atoms with Crippen molar-refractivity contribution in [2.75, 3.05) is 5.32 Å². The van der Waals surface area contributed by atoms with Gasteiger partial charge < -0.3 is 4.74 Å². The molecule has 1 aromatic carbocycles. The van der Waals surface area contributed by atoms with Crippen LogP contribution < -0.4 is 5.32 Å². The van der Waals surface area contributed by atoms with Crippen LogP contribution in [0.25, 0.3) is 5.69 Å². The smallest absolute Gasteiger partial charge is 0.433 e. The van der Waals surface area contributed by atoms with Crippen LogP contribution in [0, 0.1) is 0 Å². The highest BCUT2D eigenvalue weighted by Crippen LogP contribution is 2.28. The topological polar surface area (TPSA) is 94.8 Å². The van der Waals surface area contributed by atoms with Crippen LogP contribution in [-0.4, -0.2) is 31.3 Å². The molecule has 0 fully saturated rings. The second-order valence-corrected chi connectivity index (χ2v) is 5.03. The summed E-state index contributed by atoms with van der Waals surface area (Å²) in [4.78, 5) is 15.1. The maximum Gasteiger partial charge on any atom is 0.433 e. The van der Waals surface area contributed by atoms with Gasteiger partial charge in [-0.25, -0.2) is 14.5 Å². The van der Waals surface area contributed by atoms with E-state index in [9.17, 15) is 18.0 Å². The van der Waals surface area contributed by atoms with Gasteiger partial charge >= 0.3 is 12.3 Å². The molecule has 8 nitrogen and oxygen atoms in total. The van der Waals surface area contributed by atoms with Crippen molar-refractivity contribution in [1.29, 1.82) is 0 Å². The molecule has 3 aromatic rings. The molecule has 2 aromatic heterocycles. The maximum atomic E-state index is 12.6. The van der Waals surface area contributed by atoms with Crippen LogP contribution in [0.1, 0.15) is 11.3 Å². The third kappa shape index (κ3) is 4.32. The largest absolute Gasteiger partial charge is 0.444 e. The summed E-state index contributed by atoms with van der Waals surface area (Å²) in [5.74, 6) is -0.257. The predicted octanol–water partition coefficient (Wildman–Crippen LogP) is 2.82. The number of aromatic nitrogens is 5. The molecular weight excluding hydrogens is 353 g/mol. The summed E-state index contributed by atoms with van der Waals surface area (Å²) in [6.45, 7) is -0.0965. The van der Waals surface area contributed by atoms with E-state index >= 15 is 0 Å². The van der Waals surface area contributed by atoms with E-state index in [2.05, 4.69) is 25.8 Å². The number of carbonyl (C=O) groups excluding carboxylic acids is 1. The fourth-order valence-electron chi connectivity index (χ4n) is 2.02. The van der Waals surface area contributed by atoms with Crippen LogP contribution in [0.2, 0.25) is 0 Å². The summed E-state index contributed by atoms with van der Waals surface area (Å²) in [6.07, 6.45) is -4.12. The number of nitrogens with zero attached hydrogens (tertiary/aromatic N) is 5. The summed E-state index contributed by atoms with van der Waals surface area (Å²) in [7, 11) is 0. The Morgan fingerprint density at radius 1 is 1.19 bits per heavy atom. The number of nitrogens with one attached hydrogen (secondary N) is 1. The van der Waals surface area contributed by atoms with Crippen molar-refractivity contribution in [3.8, 4) is 5.69 Å². The van der Waals surface area contributed by atoms with Gasteiger partial charge in [-0.05, 0) is 40.3 Å². The van der Waals surface area contributed by atoms with Crippen LogP contribution in [0.4, 0.5) is 23.8 Å². The van der Waals surface area contributed by atoms with E-state index in [1.54, 1.807) is 24.3 Å². The molecule has 0 aliphatic carbocycles. The molecule has 26 heavy (non-hydrogen) atoms. The number of benzene rings is 1. The maximum absolute atomic E-state index is 12.6. The van der Waals surface area contributed by atoms with Gasteiger partial charge in [0.05, 0.1) is 5.69 Å². The highest BCUT2D eigenvalue weighted by molar-refractivity contribution is 5.83. The number of carbonyl (C=O) groups is 1. The lowest BCUT2D eigenvalue weighted by Crippen LogP contribution is -2.16. The lowest BCUT2D eigenvalue weighted by molar-refractivity contribution is -0.141. The second kappa shape index (κ2) is 7.17. The SMILES string of the molecule is O=C(Nc1cccc(C(F)(F)F)n1)OCc1cccc(-n2cnnn2)c1. The van der Waals surface area contributed by atoms with Crippen LogP contribution in [0.3, 0.4) is 0 Å². The summed E-state index contributed by atoms with van der Waals surface area (Å²) in [6, 6.07) is 10.1. The summed E-state index contributed by atoms with van der Waals surface area (Å²) in [5, 5.41) is 12.9. The molecule has 1 N–H and O–H groups in total. The van der Waals surface area contributed by atoms with E-state index in [4.69, 9.17) is 4.74 Å². The van der Waals surface area contributed by atoms with Gasteiger partial charge in [0.15, 0.2) is 0 Å². The molecule has 1 amide bonds. The Bertz CT molecular complexity index is 898. The Morgan fingerprint density at radius 3 is 2.73 bits per heavy atom. The first kappa shape index (κ1) is 17.3. The Morgan fingerprint density at radius 2 is 2.00 bits per heavy atom.